The Morgan fingerprint density at radius 1 is 0.291 bits per heavy atom. The maximum atomic E-state index is 2.39. The smallest absolute Gasteiger partial charge is 0.0467 e. The van der Waals surface area contributed by atoms with E-state index in [1.165, 1.54) is 84.5 Å². The van der Waals surface area contributed by atoms with E-state index in [9.17, 15) is 0 Å². The Morgan fingerprint density at radius 3 is 1.35 bits per heavy atom. The van der Waals surface area contributed by atoms with E-state index < -0.39 is 0 Å². The molecular formula is C52H33NS2. The highest BCUT2D eigenvalue weighted by Gasteiger charge is 2.17. The maximum absolute atomic E-state index is 2.39. The zero-order valence-electron chi connectivity index (χ0n) is 29.8. The summed E-state index contributed by atoms with van der Waals surface area (Å²) in [7, 11) is 0. The monoisotopic (exact) mass is 735 g/mol. The molecule has 11 aromatic rings. The van der Waals surface area contributed by atoms with Gasteiger partial charge in [0, 0.05) is 57.4 Å². The Hall–Kier alpha value is -6.52. The number of thiophene rings is 2. The van der Waals surface area contributed by atoms with Gasteiger partial charge in [0.25, 0.3) is 0 Å². The van der Waals surface area contributed by atoms with Gasteiger partial charge in [-0.3, -0.25) is 0 Å². The molecule has 258 valence electrons. The lowest BCUT2D eigenvalue weighted by atomic mass is 9.97. The van der Waals surface area contributed by atoms with E-state index in [4.69, 9.17) is 0 Å². The van der Waals surface area contributed by atoms with Gasteiger partial charge in [-0.1, -0.05) is 140 Å². The average molecular weight is 736 g/mol. The number of hydrogen-bond acceptors (Lipinski definition) is 3. The van der Waals surface area contributed by atoms with Gasteiger partial charge in [-0.05, 0) is 105 Å². The summed E-state index contributed by atoms with van der Waals surface area (Å²) < 4.78 is 5.29. The third-order valence-corrected chi connectivity index (χ3v) is 13.2. The molecule has 0 saturated carbocycles. The first-order valence-electron chi connectivity index (χ1n) is 18.7. The highest BCUT2D eigenvalue weighted by molar-refractivity contribution is 7.26. The molecule has 0 radical (unpaired) electrons. The van der Waals surface area contributed by atoms with E-state index in [0.717, 1.165) is 17.1 Å². The van der Waals surface area contributed by atoms with Crippen molar-refractivity contribution in [3.8, 4) is 33.4 Å². The Labute approximate surface area is 327 Å². The quantitative estimate of drug-likeness (QED) is 0.164. The molecule has 55 heavy (non-hydrogen) atoms. The number of fused-ring (bicyclic) bond motifs is 7. The molecular weight excluding hydrogens is 703 g/mol. The highest BCUT2D eigenvalue weighted by Crippen LogP contribution is 2.44. The zero-order valence-corrected chi connectivity index (χ0v) is 31.4. The van der Waals surface area contributed by atoms with Gasteiger partial charge < -0.3 is 4.90 Å². The van der Waals surface area contributed by atoms with E-state index in [0.29, 0.717) is 0 Å². The molecule has 2 aromatic heterocycles. The molecule has 0 saturated heterocycles. The predicted molar refractivity (Wildman–Crippen MR) is 241 cm³/mol. The second kappa shape index (κ2) is 13.1. The number of rotatable bonds is 6. The first-order valence-corrected chi connectivity index (χ1v) is 20.3. The average Bonchev–Trinajstić information content (AvgIpc) is 3.83. The normalized spacial score (nSPS) is 11.6. The van der Waals surface area contributed by atoms with Gasteiger partial charge >= 0.3 is 0 Å². The Morgan fingerprint density at radius 2 is 0.745 bits per heavy atom. The van der Waals surface area contributed by atoms with Gasteiger partial charge in [-0.15, -0.1) is 22.7 Å². The lowest BCUT2D eigenvalue weighted by molar-refractivity contribution is 1.28. The van der Waals surface area contributed by atoms with Gasteiger partial charge in [0.1, 0.15) is 0 Å². The molecule has 0 amide bonds. The van der Waals surface area contributed by atoms with Crippen molar-refractivity contribution >= 4 is 90.9 Å². The van der Waals surface area contributed by atoms with E-state index in [2.05, 4.69) is 205 Å². The SMILES string of the molecule is c1cc(-c2cccc3ccccc23)cc(N(c2ccc(-c3cccc4sc5ccccc5c34)cc2)c2ccc(-c3cccc4sc5ccccc5c34)cc2)c1. The Bertz CT molecular complexity index is 3040. The standard InChI is InChI=1S/C52H33NS2/c1-2-15-41-34(11-1)12-8-18-42(41)37-13-7-14-40(33-37)53(38-29-25-35(26-30-38)43-19-9-23-49-51(43)45-16-3-5-21-47(45)54-49)39-31-27-36(28-32-39)44-20-10-24-50-52(44)46-17-4-6-22-48(46)55-50/h1-33H. The minimum Gasteiger partial charge on any atom is -0.310 e. The molecule has 1 nitrogen and oxygen atoms in total. The molecule has 9 aromatic carbocycles. The molecule has 0 bridgehead atoms. The largest absolute Gasteiger partial charge is 0.310 e. The second-order valence-electron chi connectivity index (χ2n) is 14.1. The fourth-order valence-corrected chi connectivity index (χ4v) is 10.6. The van der Waals surface area contributed by atoms with Crippen molar-refractivity contribution in [2.24, 2.45) is 0 Å². The van der Waals surface area contributed by atoms with Gasteiger partial charge in [-0.2, -0.15) is 0 Å². The van der Waals surface area contributed by atoms with Crippen molar-refractivity contribution in [1.82, 2.24) is 0 Å². The predicted octanol–water partition coefficient (Wildman–Crippen LogP) is 16.0. The van der Waals surface area contributed by atoms with Crippen molar-refractivity contribution in [1.29, 1.82) is 0 Å². The van der Waals surface area contributed by atoms with Crippen LogP contribution in [0.3, 0.4) is 0 Å². The van der Waals surface area contributed by atoms with Crippen LogP contribution in [0.1, 0.15) is 0 Å². The lowest BCUT2D eigenvalue weighted by Crippen LogP contribution is -2.10. The summed E-state index contributed by atoms with van der Waals surface area (Å²) in [6.07, 6.45) is 0. The lowest BCUT2D eigenvalue weighted by Gasteiger charge is -2.26. The van der Waals surface area contributed by atoms with Gasteiger partial charge in [-0.25, -0.2) is 0 Å². The van der Waals surface area contributed by atoms with Crippen molar-refractivity contribution in [3.05, 3.63) is 200 Å². The van der Waals surface area contributed by atoms with Crippen molar-refractivity contribution in [2.75, 3.05) is 4.90 Å². The topological polar surface area (TPSA) is 3.24 Å². The fraction of sp³-hybridized carbons (Fsp3) is 0. The molecule has 2 heterocycles. The maximum Gasteiger partial charge on any atom is 0.0467 e. The van der Waals surface area contributed by atoms with Gasteiger partial charge in [0.2, 0.25) is 0 Å². The zero-order chi connectivity index (χ0) is 36.3. The molecule has 0 fully saturated rings. The summed E-state index contributed by atoms with van der Waals surface area (Å²) in [5, 5.41) is 7.81. The molecule has 3 heteroatoms. The summed E-state index contributed by atoms with van der Waals surface area (Å²) in [5.41, 5.74) is 10.7. The minimum atomic E-state index is 1.11. The van der Waals surface area contributed by atoms with Gasteiger partial charge in [0.15, 0.2) is 0 Å². The Balaban J connectivity index is 1.04. The van der Waals surface area contributed by atoms with E-state index in [1.54, 1.807) is 0 Å². The van der Waals surface area contributed by atoms with Crippen molar-refractivity contribution in [2.45, 2.75) is 0 Å². The van der Waals surface area contributed by atoms with Crippen LogP contribution in [0, 0.1) is 0 Å². The van der Waals surface area contributed by atoms with E-state index in [-0.39, 0.29) is 0 Å². The first-order chi connectivity index (χ1) is 27.3. The Kier molecular flexibility index (Phi) is 7.61. The van der Waals surface area contributed by atoms with Crippen LogP contribution in [0.5, 0.6) is 0 Å². The van der Waals surface area contributed by atoms with Crippen LogP contribution in [0.4, 0.5) is 17.1 Å². The molecule has 0 N–H and O–H groups in total. The number of hydrogen-bond donors (Lipinski definition) is 0. The van der Waals surface area contributed by atoms with Crippen molar-refractivity contribution < 1.29 is 0 Å². The fourth-order valence-electron chi connectivity index (χ4n) is 8.35. The second-order valence-corrected chi connectivity index (χ2v) is 16.2. The summed E-state index contributed by atoms with van der Waals surface area (Å²) in [6.45, 7) is 0. The summed E-state index contributed by atoms with van der Waals surface area (Å²) in [4.78, 5) is 2.39. The van der Waals surface area contributed by atoms with Crippen LogP contribution in [-0.4, -0.2) is 0 Å². The summed E-state index contributed by atoms with van der Waals surface area (Å²) in [6, 6.07) is 73.4. The van der Waals surface area contributed by atoms with Crippen LogP contribution in [0.15, 0.2) is 200 Å². The van der Waals surface area contributed by atoms with Crippen LogP contribution in [0.2, 0.25) is 0 Å². The number of anilines is 3. The summed E-state index contributed by atoms with van der Waals surface area (Å²) in [5.74, 6) is 0. The van der Waals surface area contributed by atoms with Crippen LogP contribution in [0.25, 0.3) is 84.5 Å². The molecule has 0 aliphatic heterocycles. The first kappa shape index (κ1) is 32.0. The number of benzene rings is 9. The van der Waals surface area contributed by atoms with Gasteiger partial charge in [0.05, 0.1) is 0 Å². The van der Waals surface area contributed by atoms with Crippen LogP contribution >= 0.6 is 22.7 Å². The molecule has 11 rings (SSSR count). The van der Waals surface area contributed by atoms with E-state index >= 15 is 0 Å². The summed E-state index contributed by atoms with van der Waals surface area (Å²) >= 11 is 3.73. The van der Waals surface area contributed by atoms with Crippen LogP contribution in [-0.2, 0) is 0 Å². The molecule has 0 atom stereocenters. The molecule has 0 aliphatic rings. The molecule has 0 spiro atoms. The molecule has 0 unspecified atom stereocenters. The minimum absolute atomic E-state index is 1.11. The highest BCUT2D eigenvalue weighted by atomic mass is 32.1. The number of nitrogens with zero attached hydrogens (tertiary/aromatic N) is 1. The molecule has 0 aliphatic carbocycles. The third-order valence-electron chi connectivity index (χ3n) is 10.9. The van der Waals surface area contributed by atoms with Crippen LogP contribution < -0.4 is 4.90 Å². The third kappa shape index (κ3) is 5.43. The van der Waals surface area contributed by atoms with E-state index in [1.807, 2.05) is 22.7 Å². The van der Waals surface area contributed by atoms with Crippen molar-refractivity contribution in [3.63, 3.8) is 0 Å².